The summed E-state index contributed by atoms with van der Waals surface area (Å²) in [5.74, 6) is 2.27. The molecular weight excluding hydrogens is 306 g/mol. The molecule has 2 heterocycles. The highest BCUT2D eigenvalue weighted by molar-refractivity contribution is 9.10. The lowest BCUT2D eigenvalue weighted by atomic mass is 10.2. The summed E-state index contributed by atoms with van der Waals surface area (Å²) in [4.78, 5) is 4.39. The Hall–Kier alpha value is -1.75. The summed E-state index contributed by atoms with van der Waals surface area (Å²) in [6.45, 7) is 3.98. The largest absolute Gasteiger partial charge is 0.464 e. The monoisotopic (exact) mass is 319 g/mol. The molecule has 0 aliphatic rings. The number of nitrogens with two attached hydrogens (primary N) is 1. The van der Waals surface area contributed by atoms with E-state index in [0.717, 1.165) is 27.0 Å². The molecule has 19 heavy (non-hydrogen) atoms. The first kappa shape index (κ1) is 12.3. The van der Waals surface area contributed by atoms with Crippen LogP contribution in [-0.2, 0) is 0 Å². The van der Waals surface area contributed by atoms with Crippen LogP contribution in [0.3, 0.4) is 0 Å². The van der Waals surface area contributed by atoms with Gasteiger partial charge in [0.1, 0.15) is 11.5 Å². The van der Waals surface area contributed by atoms with Crippen molar-refractivity contribution in [3.8, 4) is 0 Å². The van der Waals surface area contributed by atoms with Gasteiger partial charge in [0.2, 0.25) is 5.95 Å². The van der Waals surface area contributed by atoms with Crippen LogP contribution < -0.4 is 5.73 Å². The van der Waals surface area contributed by atoms with Gasteiger partial charge in [-0.2, -0.15) is 0 Å². The molecule has 98 valence electrons. The molecule has 0 aliphatic heterocycles. The summed E-state index contributed by atoms with van der Waals surface area (Å²) in [6, 6.07) is 9.87. The topological polar surface area (TPSA) is 57.0 Å². The molecule has 1 atom stereocenters. The zero-order chi connectivity index (χ0) is 13.6. The summed E-state index contributed by atoms with van der Waals surface area (Å²) >= 11 is 3.48. The molecule has 1 unspecified atom stereocenters. The lowest BCUT2D eigenvalue weighted by Gasteiger charge is -2.13. The molecule has 0 aliphatic carbocycles. The van der Waals surface area contributed by atoms with E-state index in [0.29, 0.717) is 5.95 Å². The third-order valence-corrected chi connectivity index (χ3v) is 3.73. The molecule has 2 aromatic heterocycles. The van der Waals surface area contributed by atoms with E-state index in [1.54, 1.807) is 0 Å². The van der Waals surface area contributed by atoms with Crippen LogP contribution in [0.4, 0.5) is 5.95 Å². The number of hydrogen-bond acceptors (Lipinski definition) is 3. The smallest absolute Gasteiger partial charge is 0.201 e. The Bertz CT molecular complexity index is 744. The number of nitrogens with zero attached hydrogens (tertiary/aromatic N) is 2. The number of imidazole rings is 1. The van der Waals surface area contributed by atoms with Gasteiger partial charge in [-0.05, 0) is 44.2 Å². The molecule has 0 saturated carbocycles. The molecule has 0 fully saturated rings. The van der Waals surface area contributed by atoms with Crippen molar-refractivity contribution < 1.29 is 4.42 Å². The van der Waals surface area contributed by atoms with Gasteiger partial charge in [-0.3, -0.25) is 4.57 Å². The first-order valence-corrected chi connectivity index (χ1v) is 6.85. The van der Waals surface area contributed by atoms with Gasteiger partial charge in [0.25, 0.3) is 0 Å². The lowest BCUT2D eigenvalue weighted by molar-refractivity contribution is 0.435. The molecule has 0 radical (unpaired) electrons. The Morgan fingerprint density at radius 3 is 2.79 bits per heavy atom. The Kier molecular flexibility index (Phi) is 2.86. The molecule has 5 heteroatoms. The maximum atomic E-state index is 6.04. The van der Waals surface area contributed by atoms with Gasteiger partial charge in [0, 0.05) is 4.47 Å². The molecule has 3 aromatic rings. The first-order valence-electron chi connectivity index (χ1n) is 6.05. The minimum absolute atomic E-state index is 0.00741. The highest BCUT2D eigenvalue weighted by atomic mass is 79.9. The fraction of sp³-hybridized carbons (Fsp3) is 0.214. The van der Waals surface area contributed by atoms with Gasteiger partial charge in [-0.15, -0.1) is 0 Å². The van der Waals surface area contributed by atoms with E-state index in [2.05, 4.69) is 27.8 Å². The van der Waals surface area contributed by atoms with E-state index in [1.165, 1.54) is 0 Å². The zero-order valence-corrected chi connectivity index (χ0v) is 12.3. The average molecular weight is 320 g/mol. The Labute approximate surface area is 119 Å². The molecule has 2 N–H and O–H groups in total. The van der Waals surface area contributed by atoms with E-state index in [-0.39, 0.29) is 6.04 Å². The van der Waals surface area contributed by atoms with Crippen LogP contribution in [0.25, 0.3) is 11.0 Å². The molecule has 0 amide bonds. The van der Waals surface area contributed by atoms with Gasteiger partial charge < -0.3 is 10.2 Å². The van der Waals surface area contributed by atoms with Crippen molar-refractivity contribution in [2.24, 2.45) is 0 Å². The maximum absolute atomic E-state index is 6.04. The predicted molar refractivity (Wildman–Crippen MR) is 79.1 cm³/mol. The van der Waals surface area contributed by atoms with Crippen LogP contribution in [0, 0.1) is 6.92 Å². The minimum Gasteiger partial charge on any atom is -0.464 e. The summed E-state index contributed by atoms with van der Waals surface area (Å²) in [6.07, 6.45) is 0. The summed E-state index contributed by atoms with van der Waals surface area (Å²) < 4.78 is 8.68. The van der Waals surface area contributed by atoms with Crippen LogP contribution in [0.2, 0.25) is 0 Å². The number of hydrogen-bond donors (Lipinski definition) is 1. The third kappa shape index (κ3) is 2.04. The number of benzene rings is 1. The van der Waals surface area contributed by atoms with Crippen LogP contribution in [0.15, 0.2) is 39.2 Å². The fourth-order valence-corrected chi connectivity index (χ4v) is 2.65. The second-order valence-electron chi connectivity index (χ2n) is 4.60. The van der Waals surface area contributed by atoms with Crippen LogP contribution in [0.1, 0.15) is 24.5 Å². The van der Waals surface area contributed by atoms with Crippen LogP contribution in [0.5, 0.6) is 0 Å². The number of halogens is 1. The second kappa shape index (κ2) is 4.42. The van der Waals surface area contributed by atoms with Gasteiger partial charge >= 0.3 is 0 Å². The van der Waals surface area contributed by atoms with Gasteiger partial charge in [-0.1, -0.05) is 15.9 Å². The summed E-state index contributed by atoms with van der Waals surface area (Å²) in [7, 11) is 0. The number of aryl methyl sites for hydroxylation is 1. The molecule has 1 aromatic carbocycles. The van der Waals surface area contributed by atoms with E-state index in [1.807, 2.05) is 41.8 Å². The average Bonchev–Trinajstić information content (AvgIpc) is 2.91. The van der Waals surface area contributed by atoms with Crippen molar-refractivity contribution in [2.75, 3.05) is 5.73 Å². The molecule has 0 saturated heterocycles. The summed E-state index contributed by atoms with van der Waals surface area (Å²) in [5, 5.41) is 0. The lowest BCUT2D eigenvalue weighted by Crippen LogP contribution is -2.09. The first-order chi connectivity index (χ1) is 9.06. The van der Waals surface area contributed by atoms with Gasteiger partial charge in [0.15, 0.2) is 0 Å². The van der Waals surface area contributed by atoms with Gasteiger partial charge in [0.05, 0.1) is 17.1 Å². The molecule has 4 nitrogen and oxygen atoms in total. The minimum atomic E-state index is 0.00741. The number of furan rings is 1. The normalized spacial score (nSPS) is 13.0. The SMILES string of the molecule is Cc1ccc(C(C)n2c(N)nc3ccc(Br)cc32)o1. The van der Waals surface area contributed by atoms with Crippen molar-refractivity contribution in [3.63, 3.8) is 0 Å². The van der Waals surface area contributed by atoms with E-state index < -0.39 is 0 Å². The molecular formula is C14H14BrN3O. The highest BCUT2D eigenvalue weighted by Crippen LogP contribution is 2.29. The highest BCUT2D eigenvalue weighted by Gasteiger charge is 2.18. The maximum Gasteiger partial charge on any atom is 0.201 e. The predicted octanol–water partition coefficient (Wildman–Crippen LogP) is 3.89. The van der Waals surface area contributed by atoms with E-state index in [9.17, 15) is 0 Å². The standard InChI is InChI=1S/C14H14BrN3O/c1-8-3-6-13(19-8)9(2)18-12-7-10(15)4-5-11(12)17-14(18)16/h3-7,9H,1-2H3,(H2,16,17). The molecule has 0 spiro atoms. The van der Waals surface area contributed by atoms with E-state index >= 15 is 0 Å². The van der Waals surface area contributed by atoms with E-state index in [4.69, 9.17) is 10.2 Å². The summed E-state index contributed by atoms with van der Waals surface area (Å²) in [5.41, 5.74) is 7.92. The van der Waals surface area contributed by atoms with Gasteiger partial charge in [-0.25, -0.2) is 4.98 Å². The number of nitrogen functional groups attached to an aromatic ring is 1. The van der Waals surface area contributed by atoms with Crippen molar-refractivity contribution in [3.05, 3.63) is 46.3 Å². The van der Waals surface area contributed by atoms with Crippen molar-refractivity contribution >= 4 is 32.9 Å². The van der Waals surface area contributed by atoms with Crippen LogP contribution in [-0.4, -0.2) is 9.55 Å². The number of rotatable bonds is 2. The van der Waals surface area contributed by atoms with Crippen molar-refractivity contribution in [1.82, 2.24) is 9.55 Å². The van der Waals surface area contributed by atoms with Crippen molar-refractivity contribution in [1.29, 1.82) is 0 Å². The van der Waals surface area contributed by atoms with Crippen molar-refractivity contribution in [2.45, 2.75) is 19.9 Å². The Balaban J connectivity index is 2.18. The molecule has 0 bridgehead atoms. The zero-order valence-electron chi connectivity index (χ0n) is 10.7. The quantitative estimate of drug-likeness (QED) is 0.779. The third-order valence-electron chi connectivity index (χ3n) is 3.24. The second-order valence-corrected chi connectivity index (χ2v) is 5.51. The Morgan fingerprint density at radius 1 is 1.32 bits per heavy atom. The number of aromatic nitrogens is 2. The number of anilines is 1. The fourth-order valence-electron chi connectivity index (χ4n) is 2.30. The molecule has 3 rings (SSSR count). The number of fused-ring (bicyclic) bond motifs is 1. The van der Waals surface area contributed by atoms with Crippen LogP contribution >= 0.6 is 15.9 Å². The Morgan fingerprint density at radius 2 is 2.11 bits per heavy atom.